The number of hydrogen-bond donors (Lipinski definition) is 1. The van der Waals surface area contributed by atoms with Gasteiger partial charge in [-0.2, -0.15) is 0 Å². The van der Waals surface area contributed by atoms with E-state index in [0.717, 1.165) is 29.9 Å². The van der Waals surface area contributed by atoms with Gasteiger partial charge in [0.25, 0.3) is 5.56 Å². The first-order chi connectivity index (χ1) is 12.6. The third kappa shape index (κ3) is 3.44. The lowest BCUT2D eigenvalue weighted by atomic mass is 10.2. The molecule has 4 rings (SSSR count). The predicted octanol–water partition coefficient (Wildman–Crippen LogP) is 2.79. The van der Waals surface area contributed by atoms with Gasteiger partial charge in [-0.3, -0.25) is 14.2 Å². The molecule has 3 aromatic heterocycles. The van der Waals surface area contributed by atoms with Crippen molar-refractivity contribution in [2.24, 2.45) is 0 Å². The first-order valence-electron chi connectivity index (χ1n) is 8.53. The van der Waals surface area contributed by atoms with Gasteiger partial charge in [0.05, 0.1) is 17.8 Å². The second-order valence-electron chi connectivity index (χ2n) is 6.36. The fourth-order valence-electron chi connectivity index (χ4n) is 3.08. The summed E-state index contributed by atoms with van der Waals surface area (Å²) in [5, 5.41) is 5.40. The van der Waals surface area contributed by atoms with E-state index < -0.39 is 0 Å². The number of aromatic nitrogens is 2. The molecule has 0 aliphatic carbocycles. The highest BCUT2D eigenvalue weighted by Crippen LogP contribution is 2.34. The number of thiophene rings is 2. The maximum atomic E-state index is 12.9. The van der Waals surface area contributed by atoms with Crippen LogP contribution in [0.4, 0.5) is 0 Å². The summed E-state index contributed by atoms with van der Waals surface area (Å²) < 4.78 is 6.88. The summed E-state index contributed by atoms with van der Waals surface area (Å²) in [6.07, 6.45) is 3.54. The van der Waals surface area contributed by atoms with Crippen molar-refractivity contribution in [2.75, 3.05) is 13.2 Å². The summed E-state index contributed by atoms with van der Waals surface area (Å²) >= 11 is 3.10. The Morgan fingerprint density at radius 2 is 2.35 bits per heavy atom. The Morgan fingerprint density at radius 3 is 3.08 bits per heavy atom. The number of nitrogens with one attached hydrogen (secondary N) is 1. The van der Waals surface area contributed by atoms with Crippen molar-refractivity contribution in [3.63, 3.8) is 0 Å². The summed E-state index contributed by atoms with van der Waals surface area (Å²) in [6.45, 7) is 3.25. The van der Waals surface area contributed by atoms with Gasteiger partial charge >= 0.3 is 0 Å². The smallest absolute Gasteiger partial charge is 0.263 e. The lowest BCUT2D eigenvalue weighted by Crippen LogP contribution is -2.36. The molecule has 0 bridgehead atoms. The molecule has 1 amide bonds. The Labute approximate surface area is 158 Å². The van der Waals surface area contributed by atoms with Gasteiger partial charge in [-0.05, 0) is 31.9 Å². The summed E-state index contributed by atoms with van der Waals surface area (Å²) in [5.41, 5.74) is 0.722. The van der Waals surface area contributed by atoms with Crippen molar-refractivity contribution in [3.05, 3.63) is 39.1 Å². The van der Waals surface area contributed by atoms with E-state index in [-0.39, 0.29) is 24.1 Å². The Balaban J connectivity index is 1.57. The summed E-state index contributed by atoms with van der Waals surface area (Å²) in [7, 11) is 0. The Morgan fingerprint density at radius 1 is 1.46 bits per heavy atom. The highest BCUT2D eigenvalue weighted by Gasteiger charge is 2.18. The van der Waals surface area contributed by atoms with Crippen LogP contribution in [0.3, 0.4) is 0 Å². The second-order valence-corrected chi connectivity index (χ2v) is 8.50. The zero-order chi connectivity index (χ0) is 18.1. The molecule has 0 spiro atoms. The molecule has 6 nitrogen and oxygen atoms in total. The minimum atomic E-state index is -0.201. The molecule has 1 fully saturated rings. The lowest BCUT2D eigenvalue weighted by molar-refractivity contribution is -0.122. The number of carbonyl (C=O) groups excluding carboxylic acids is 1. The minimum Gasteiger partial charge on any atom is -0.376 e. The van der Waals surface area contributed by atoms with Crippen LogP contribution in [-0.2, 0) is 16.1 Å². The fraction of sp³-hybridized carbons (Fsp3) is 0.389. The molecular weight excluding hydrogens is 370 g/mol. The van der Waals surface area contributed by atoms with E-state index in [1.807, 2.05) is 24.4 Å². The van der Waals surface area contributed by atoms with Crippen LogP contribution in [-0.4, -0.2) is 34.7 Å². The number of carbonyl (C=O) groups is 1. The molecular formula is C18H19N3O3S2. The number of nitrogens with zero attached hydrogens (tertiary/aromatic N) is 2. The second kappa shape index (κ2) is 7.30. The van der Waals surface area contributed by atoms with E-state index in [0.29, 0.717) is 16.8 Å². The average Bonchev–Trinajstić information content (AvgIpc) is 3.35. The van der Waals surface area contributed by atoms with Gasteiger partial charge in [-0.1, -0.05) is 0 Å². The third-order valence-electron chi connectivity index (χ3n) is 4.43. The van der Waals surface area contributed by atoms with Gasteiger partial charge in [0.2, 0.25) is 5.91 Å². The molecule has 0 aromatic carbocycles. The Kier molecular flexibility index (Phi) is 4.88. The molecule has 136 valence electrons. The zero-order valence-corrected chi connectivity index (χ0v) is 16.0. The molecule has 3 aromatic rings. The van der Waals surface area contributed by atoms with E-state index in [9.17, 15) is 9.59 Å². The average molecular weight is 390 g/mol. The van der Waals surface area contributed by atoms with Crippen molar-refractivity contribution >= 4 is 38.8 Å². The van der Waals surface area contributed by atoms with Gasteiger partial charge in [0.1, 0.15) is 11.4 Å². The summed E-state index contributed by atoms with van der Waals surface area (Å²) in [5.74, 6) is -0.201. The van der Waals surface area contributed by atoms with Gasteiger partial charge in [0.15, 0.2) is 0 Å². The molecule has 26 heavy (non-hydrogen) atoms. The number of aryl methyl sites for hydroxylation is 1. The summed E-state index contributed by atoms with van der Waals surface area (Å²) in [4.78, 5) is 32.4. The van der Waals surface area contributed by atoms with E-state index in [1.165, 1.54) is 27.1 Å². The van der Waals surface area contributed by atoms with Crippen molar-refractivity contribution < 1.29 is 9.53 Å². The fourth-order valence-corrected chi connectivity index (χ4v) is 4.95. The third-order valence-corrected chi connectivity index (χ3v) is 6.35. The monoisotopic (exact) mass is 389 g/mol. The predicted molar refractivity (Wildman–Crippen MR) is 104 cm³/mol. The lowest BCUT2D eigenvalue weighted by Gasteiger charge is -2.11. The highest BCUT2D eigenvalue weighted by atomic mass is 32.1. The molecule has 1 unspecified atom stereocenters. The van der Waals surface area contributed by atoms with Crippen LogP contribution in [0.1, 0.15) is 17.7 Å². The molecule has 1 aliphatic rings. The zero-order valence-electron chi connectivity index (χ0n) is 14.4. The van der Waals surface area contributed by atoms with Crippen molar-refractivity contribution in [2.45, 2.75) is 32.4 Å². The standard InChI is InChI=1S/C18H19N3O3S2/c1-11-4-5-14(26-11)13-9-25-17-16(13)18(23)21(10-20-17)8-15(22)19-7-12-3-2-6-24-12/h4-5,9-10,12H,2-3,6-8H2,1H3,(H,19,22). The van der Waals surface area contributed by atoms with Crippen molar-refractivity contribution in [1.82, 2.24) is 14.9 Å². The van der Waals surface area contributed by atoms with Crippen molar-refractivity contribution in [1.29, 1.82) is 0 Å². The normalized spacial score (nSPS) is 17.0. The largest absolute Gasteiger partial charge is 0.376 e. The molecule has 0 saturated carbocycles. The van der Waals surface area contributed by atoms with E-state index in [4.69, 9.17) is 4.74 Å². The maximum Gasteiger partial charge on any atom is 0.263 e. The highest BCUT2D eigenvalue weighted by molar-refractivity contribution is 7.19. The van der Waals surface area contributed by atoms with Crippen LogP contribution in [0.25, 0.3) is 20.7 Å². The number of ether oxygens (including phenoxy) is 1. The van der Waals surface area contributed by atoms with Crippen LogP contribution in [0.5, 0.6) is 0 Å². The van der Waals surface area contributed by atoms with Crippen LogP contribution < -0.4 is 10.9 Å². The van der Waals surface area contributed by atoms with E-state index in [1.54, 1.807) is 11.3 Å². The maximum absolute atomic E-state index is 12.9. The van der Waals surface area contributed by atoms with Gasteiger partial charge in [-0.25, -0.2) is 4.98 Å². The number of hydrogen-bond acceptors (Lipinski definition) is 6. The number of fused-ring (bicyclic) bond motifs is 1. The van der Waals surface area contributed by atoms with Gasteiger partial charge in [-0.15, -0.1) is 22.7 Å². The van der Waals surface area contributed by atoms with E-state index in [2.05, 4.69) is 10.3 Å². The Hall–Kier alpha value is -2.03. The van der Waals surface area contributed by atoms with Crippen LogP contribution in [0, 0.1) is 6.92 Å². The Bertz CT molecular complexity index is 999. The van der Waals surface area contributed by atoms with Gasteiger partial charge in [0, 0.05) is 33.8 Å². The topological polar surface area (TPSA) is 73.2 Å². The van der Waals surface area contributed by atoms with Crippen LogP contribution >= 0.6 is 22.7 Å². The first kappa shape index (κ1) is 17.4. The summed E-state index contributed by atoms with van der Waals surface area (Å²) in [6, 6.07) is 4.06. The number of rotatable bonds is 5. The van der Waals surface area contributed by atoms with Crippen molar-refractivity contribution in [3.8, 4) is 10.4 Å². The molecule has 8 heteroatoms. The molecule has 4 heterocycles. The molecule has 1 atom stereocenters. The van der Waals surface area contributed by atoms with E-state index >= 15 is 0 Å². The van der Waals surface area contributed by atoms with Gasteiger partial charge < -0.3 is 10.1 Å². The molecule has 1 aliphatic heterocycles. The minimum absolute atomic E-state index is 0.0345. The quantitative estimate of drug-likeness (QED) is 0.728. The first-order valence-corrected chi connectivity index (χ1v) is 10.2. The van der Waals surface area contributed by atoms with Crippen LogP contribution in [0.15, 0.2) is 28.6 Å². The molecule has 1 N–H and O–H groups in total. The molecule has 0 radical (unpaired) electrons. The number of amides is 1. The molecule has 1 saturated heterocycles. The SMILES string of the molecule is Cc1ccc(-c2csc3ncn(CC(=O)NCC4CCCO4)c(=O)c23)s1. The van der Waals surface area contributed by atoms with Crippen LogP contribution in [0.2, 0.25) is 0 Å².